The van der Waals surface area contributed by atoms with Crippen LogP contribution in [0.25, 0.3) is 0 Å². The van der Waals surface area contributed by atoms with E-state index in [1.54, 1.807) is 5.57 Å². The lowest BCUT2D eigenvalue weighted by molar-refractivity contribution is 0.134. The van der Waals surface area contributed by atoms with Gasteiger partial charge in [-0.2, -0.15) is 0 Å². The first-order valence-corrected chi connectivity index (χ1v) is 6.03. The maximum atomic E-state index is 6.05. The lowest BCUT2D eigenvalue weighted by Gasteiger charge is -2.31. The number of hydrogen-bond donors (Lipinski definition) is 0. The maximum absolute atomic E-state index is 6.05. The van der Waals surface area contributed by atoms with Crippen LogP contribution in [0.5, 0.6) is 5.75 Å². The highest BCUT2D eigenvalue weighted by Gasteiger charge is 2.25. The van der Waals surface area contributed by atoms with E-state index >= 15 is 0 Å². The normalized spacial score (nSPS) is 25.7. The van der Waals surface area contributed by atoms with Crippen LogP contribution in [0.1, 0.15) is 33.6 Å². The van der Waals surface area contributed by atoms with Gasteiger partial charge in [0.25, 0.3) is 0 Å². The molecular formula is C15H20O. The fraction of sp³-hybridized carbons (Fsp3) is 0.467. The second-order valence-corrected chi connectivity index (χ2v) is 4.92. The first-order valence-electron chi connectivity index (χ1n) is 6.03. The van der Waals surface area contributed by atoms with Gasteiger partial charge in [-0.3, -0.25) is 0 Å². The van der Waals surface area contributed by atoms with Gasteiger partial charge in [-0.05, 0) is 38.3 Å². The van der Waals surface area contributed by atoms with Crippen LogP contribution in [-0.2, 0) is 0 Å². The van der Waals surface area contributed by atoms with Crippen molar-refractivity contribution in [1.82, 2.24) is 0 Å². The minimum Gasteiger partial charge on any atom is -0.490 e. The Labute approximate surface area is 98.1 Å². The van der Waals surface area contributed by atoms with Crippen LogP contribution in [0.15, 0.2) is 41.5 Å². The highest BCUT2D eigenvalue weighted by atomic mass is 16.5. The van der Waals surface area contributed by atoms with E-state index in [4.69, 9.17) is 4.74 Å². The molecular weight excluding hydrogens is 196 g/mol. The molecule has 0 amide bonds. The highest BCUT2D eigenvalue weighted by molar-refractivity contribution is 5.23. The van der Waals surface area contributed by atoms with E-state index in [2.05, 4.69) is 20.8 Å². The summed E-state index contributed by atoms with van der Waals surface area (Å²) in [5.74, 6) is 1.61. The van der Waals surface area contributed by atoms with E-state index < -0.39 is 0 Å². The fourth-order valence-corrected chi connectivity index (χ4v) is 2.30. The van der Waals surface area contributed by atoms with Gasteiger partial charge in [-0.1, -0.05) is 36.3 Å². The van der Waals surface area contributed by atoms with Crippen molar-refractivity contribution >= 4 is 0 Å². The predicted molar refractivity (Wildman–Crippen MR) is 67.6 cm³/mol. The first-order chi connectivity index (χ1) is 7.66. The zero-order valence-corrected chi connectivity index (χ0v) is 10.4. The molecule has 2 atom stereocenters. The van der Waals surface area contributed by atoms with Gasteiger partial charge in [0.15, 0.2) is 0 Å². The Hall–Kier alpha value is -1.24. The summed E-state index contributed by atoms with van der Waals surface area (Å²) in [7, 11) is 0. The summed E-state index contributed by atoms with van der Waals surface area (Å²) in [4.78, 5) is 0. The molecule has 0 unspecified atom stereocenters. The molecule has 0 saturated carbocycles. The third-order valence-electron chi connectivity index (χ3n) is 3.53. The minimum atomic E-state index is 0.339. The highest BCUT2D eigenvalue weighted by Crippen LogP contribution is 2.31. The predicted octanol–water partition coefficient (Wildman–Crippen LogP) is 4.20. The third-order valence-corrected chi connectivity index (χ3v) is 3.53. The van der Waals surface area contributed by atoms with Crippen molar-refractivity contribution in [1.29, 1.82) is 0 Å². The van der Waals surface area contributed by atoms with E-state index in [9.17, 15) is 0 Å². The van der Waals surface area contributed by atoms with Crippen LogP contribution < -0.4 is 4.74 Å². The van der Waals surface area contributed by atoms with Crippen molar-refractivity contribution in [2.24, 2.45) is 5.92 Å². The molecule has 1 aliphatic carbocycles. The van der Waals surface area contributed by atoms with E-state index in [1.165, 1.54) is 12.0 Å². The van der Waals surface area contributed by atoms with Crippen molar-refractivity contribution in [3.8, 4) is 5.75 Å². The molecule has 0 aliphatic heterocycles. The lowest BCUT2D eigenvalue weighted by Crippen LogP contribution is -2.29. The van der Waals surface area contributed by atoms with E-state index in [1.807, 2.05) is 30.3 Å². The SMILES string of the molecule is CC1=C(C)C[C@@H](Oc2ccccc2)[C@H](C)C1. The lowest BCUT2D eigenvalue weighted by atomic mass is 9.84. The average Bonchev–Trinajstić information content (AvgIpc) is 2.27. The minimum absolute atomic E-state index is 0.339. The molecule has 0 N–H and O–H groups in total. The van der Waals surface area contributed by atoms with Crippen LogP contribution in [-0.4, -0.2) is 6.10 Å². The Bertz CT molecular complexity index is 378. The van der Waals surface area contributed by atoms with Gasteiger partial charge in [0.1, 0.15) is 11.9 Å². The number of rotatable bonds is 2. The van der Waals surface area contributed by atoms with E-state index in [0.29, 0.717) is 12.0 Å². The Morgan fingerprint density at radius 3 is 2.31 bits per heavy atom. The number of hydrogen-bond acceptors (Lipinski definition) is 1. The molecule has 2 rings (SSSR count). The summed E-state index contributed by atoms with van der Waals surface area (Å²) in [6.07, 6.45) is 2.58. The standard InChI is InChI=1S/C15H20O/c1-11-9-13(3)15(10-12(11)2)16-14-7-5-4-6-8-14/h4-8,13,15H,9-10H2,1-3H3/t13-,15-/m1/s1. The topological polar surface area (TPSA) is 9.23 Å². The van der Waals surface area contributed by atoms with Gasteiger partial charge in [0, 0.05) is 6.42 Å². The fourth-order valence-electron chi connectivity index (χ4n) is 2.30. The molecule has 0 spiro atoms. The van der Waals surface area contributed by atoms with Crippen LogP contribution in [0, 0.1) is 5.92 Å². The summed E-state index contributed by atoms with van der Waals surface area (Å²) in [6.45, 7) is 6.75. The Kier molecular flexibility index (Phi) is 3.33. The van der Waals surface area contributed by atoms with Crippen LogP contribution >= 0.6 is 0 Å². The quantitative estimate of drug-likeness (QED) is 0.673. The maximum Gasteiger partial charge on any atom is 0.119 e. The largest absolute Gasteiger partial charge is 0.490 e. The van der Waals surface area contributed by atoms with Crippen LogP contribution in [0.4, 0.5) is 0 Å². The van der Waals surface area contributed by atoms with Crippen LogP contribution in [0.3, 0.4) is 0 Å². The molecule has 16 heavy (non-hydrogen) atoms. The van der Waals surface area contributed by atoms with Gasteiger partial charge in [-0.25, -0.2) is 0 Å². The van der Waals surface area contributed by atoms with Crippen molar-refractivity contribution in [3.05, 3.63) is 41.5 Å². The van der Waals surface area contributed by atoms with Crippen molar-refractivity contribution in [3.63, 3.8) is 0 Å². The second-order valence-electron chi connectivity index (χ2n) is 4.92. The Morgan fingerprint density at radius 1 is 1.00 bits per heavy atom. The number of benzene rings is 1. The summed E-state index contributed by atoms with van der Waals surface area (Å²) in [5, 5.41) is 0. The average molecular weight is 216 g/mol. The van der Waals surface area contributed by atoms with Crippen molar-refractivity contribution in [2.75, 3.05) is 0 Å². The first kappa shape index (κ1) is 11.3. The monoisotopic (exact) mass is 216 g/mol. The number of ether oxygens (including phenoxy) is 1. The number of allylic oxidation sites excluding steroid dienone is 1. The summed E-state index contributed by atoms with van der Waals surface area (Å²) < 4.78 is 6.05. The molecule has 0 fully saturated rings. The molecule has 1 heteroatoms. The molecule has 0 aromatic heterocycles. The van der Waals surface area contributed by atoms with Crippen molar-refractivity contribution in [2.45, 2.75) is 39.7 Å². The molecule has 0 heterocycles. The zero-order valence-electron chi connectivity index (χ0n) is 10.4. The third kappa shape index (κ3) is 2.46. The van der Waals surface area contributed by atoms with Crippen LogP contribution in [0.2, 0.25) is 0 Å². The molecule has 1 aliphatic rings. The molecule has 0 radical (unpaired) electrons. The Morgan fingerprint density at radius 2 is 1.62 bits per heavy atom. The molecule has 0 saturated heterocycles. The Balaban J connectivity index is 2.07. The zero-order chi connectivity index (χ0) is 11.5. The molecule has 1 aromatic carbocycles. The van der Waals surface area contributed by atoms with Gasteiger partial charge < -0.3 is 4.74 Å². The molecule has 1 aromatic rings. The van der Waals surface area contributed by atoms with Gasteiger partial charge in [0.2, 0.25) is 0 Å². The second kappa shape index (κ2) is 4.73. The van der Waals surface area contributed by atoms with Crippen molar-refractivity contribution < 1.29 is 4.74 Å². The summed E-state index contributed by atoms with van der Waals surface area (Å²) >= 11 is 0. The summed E-state index contributed by atoms with van der Waals surface area (Å²) in [6, 6.07) is 10.1. The van der Waals surface area contributed by atoms with Gasteiger partial charge in [0.05, 0.1) is 0 Å². The molecule has 1 nitrogen and oxygen atoms in total. The van der Waals surface area contributed by atoms with Gasteiger partial charge >= 0.3 is 0 Å². The smallest absolute Gasteiger partial charge is 0.119 e. The molecule has 86 valence electrons. The van der Waals surface area contributed by atoms with Gasteiger partial charge in [-0.15, -0.1) is 0 Å². The summed E-state index contributed by atoms with van der Waals surface area (Å²) in [5.41, 5.74) is 3.04. The molecule has 0 bridgehead atoms. The van der Waals surface area contributed by atoms with E-state index in [-0.39, 0.29) is 0 Å². The van der Waals surface area contributed by atoms with E-state index in [0.717, 1.165) is 12.2 Å². The number of para-hydroxylation sites is 1.